The fourth-order valence-corrected chi connectivity index (χ4v) is 3.32. The highest BCUT2D eigenvalue weighted by atomic mass is 35.5. The van der Waals surface area contributed by atoms with Crippen LogP contribution in [0.3, 0.4) is 0 Å². The number of rotatable bonds is 4. The minimum Gasteiger partial charge on any atom is -0.495 e. The zero-order valence-electron chi connectivity index (χ0n) is 15.6. The van der Waals surface area contributed by atoms with Crippen LogP contribution in [0.1, 0.15) is 17.5 Å². The van der Waals surface area contributed by atoms with Crippen molar-refractivity contribution in [3.63, 3.8) is 0 Å². The second-order valence-electron chi connectivity index (χ2n) is 6.76. The van der Waals surface area contributed by atoms with Crippen molar-refractivity contribution < 1.29 is 27.5 Å². The van der Waals surface area contributed by atoms with Gasteiger partial charge in [0.2, 0.25) is 11.8 Å². The number of amides is 2. The quantitative estimate of drug-likeness (QED) is 0.773. The molecule has 1 unspecified atom stereocenters. The molecule has 1 fully saturated rings. The van der Waals surface area contributed by atoms with Crippen molar-refractivity contribution in [2.45, 2.75) is 19.5 Å². The third kappa shape index (κ3) is 4.48. The second-order valence-corrected chi connectivity index (χ2v) is 7.17. The predicted molar refractivity (Wildman–Crippen MR) is 103 cm³/mol. The molecule has 1 heterocycles. The van der Waals surface area contributed by atoms with E-state index in [4.69, 9.17) is 16.3 Å². The van der Waals surface area contributed by atoms with Crippen LogP contribution in [0.25, 0.3) is 0 Å². The first-order chi connectivity index (χ1) is 13.6. The fraction of sp³-hybridized carbons (Fsp3) is 0.300. The summed E-state index contributed by atoms with van der Waals surface area (Å²) in [6, 6.07) is 8.03. The van der Waals surface area contributed by atoms with Crippen LogP contribution in [-0.2, 0) is 15.8 Å². The Morgan fingerprint density at radius 3 is 2.62 bits per heavy atom. The number of alkyl halides is 3. The second kappa shape index (κ2) is 7.94. The van der Waals surface area contributed by atoms with Gasteiger partial charge in [-0.25, -0.2) is 0 Å². The van der Waals surface area contributed by atoms with E-state index in [1.165, 1.54) is 12.0 Å². The average molecular weight is 427 g/mol. The summed E-state index contributed by atoms with van der Waals surface area (Å²) in [7, 11) is 1.48. The number of anilines is 2. The summed E-state index contributed by atoms with van der Waals surface area (Å²) in [4.78, 5) is 26.5. The number of hydrogen-bond acceptors (Lipinski definition) is 3. The molecule has 0 spiro atoms. The van der Waals surface area contributed by atoms with E-state index in [-0.39, 0.29) is 29.6 Å². The van der Waals surface area contributed by atoms with Gasteiger partial charge in [-0.05, 0) is 42.8 Å². The Balaban J connectivity index is 1.79. The van der Waals surface area contributed by atoms with E-state index in [0.717, 1.165) is 23.8 Å². The van der Waals surface area contributed by atoms with Crippen molar-refractivity contribution in [2.24, 2.45) is 5.92 Å². The zero-order chi connectivity index (χ0) is 21.3. The lowest BCUT2D eigenvalue weighted by molar-refractivity contribution is -0.137. The van der Waals surface area contributed by atoms with E-state index < -0.39 is 23.6 Å². The maximum absolute atomic E-state index is 12.9. The van der Waals surface area contributed by atoms with Gasteiger partial charge in [-0.2, -0.15) is 13.2 Å². The van der Waals surface area contributed by atoms with Gasteiger partial charge in [-0.3, -0.25) is 9.59 Å². The highest BCUT2D eigenvalue weighted by Gasteiger charge is 2.37. The molecule has 2 aromatic carbocycles. The number of aryl methyl sites for hydroxylation is 1. The Kier molecular flexibility index (Phi) is 5.75. The summed E-state index contributed by atoms with van der Waals surface area (Å²) in [5.41, 5.74) is 0.387. The molecule has 1 saturated heterocycles. The van der Waals surface area contributed by atoms with Gasteiger partial charge < -0.3 is 15.0 Å². The molecule has 0 saturated carbocycles. The van der Waals surface area contributed by atoms with Gasteiger partial charge in [-0.15, -0.1) is 0 Å². The normalized spacial score (nSPS) is 16.8. The molecule has 1 atom stereocenters. The van der Waals surface area contributed by atoms with Crippen molar-refractivity contribution in [1.29, 1.82) is 0 Å². The van der Waals surface area contributed by atoms with Crippen LogP contribution in [0.4, 0.5) is 24.5 Å². The Hall–Kier alpha value is -2.74. The molecule has 1 aliphatic rings. The van der Waals surface area contributed by atoms with Gasteiger partial charge in [0.1, 0.15) is 5.75 Å². The monoisotopic (exact) mass is 426 g/mol. The summed E-state index contributed by atoms with van der Waals surface area (Å²) >= 11 is 5.93. The molecule has 29 heavy (non-hydrogen) atoms. The standard InChI is InChI=1S/C20H18ClF3N2O3/c1-11-3-6-17(29-2)16(7-11)26-10-12(8-18(26)27)19(28)25-15-9-13(20(22,23)24)4-5-14(15)21/h3-7,9,12H,8,10H2,1-2H3,(H,25,28). The van der Waals surface area contributed by atoms with E-state index in [1.54, 1.807) is 12.1 Å². The molecule has 154 valence electrons. The van der Waals surface area contributed by atoms with E-state index in [9.17, 15) is 22.8 Å². The number of nitrogens with one attached hydrogen (secondary N) is 1. The van der Waals surface area contributed by atoms with Crippen molar-refractivity contribution in [3.05, 3.63) is 52.5 Å². The van der Waals surface area contributed by atoms with Crippen LogP contribution in [0, 0.1) is 12.8 Å². The average Bonchev–Trinajstić information content (AvgIpc) is 3.04. The maximum Gasteiger partial charge on any atom is 0.416 e. The van der Waals surface area contributed by atoms with Crippen LogP contribution in [-0.4, -0.2) is 25.5 Å². The molecular formula is C20H18ClF3N2O3. The smallest absolute Gasteiger partial charge is 0.416 e. The van der Waals surface area contributed by atoms with Crippen molar-refractivity contribution >= 4 is 34.8 Å². The molecule has 1 aliphatic heterocycles. The number of nitrogens with zero attached hydrogens (tertiary/aromatic N) is 1. The van der Waals surface area contributed by atoms with E-state index in [1.807, 2.05) is 13.0 Å². The number of methoxy groups -OCH3 is 1. The third-order valence-electron chi connectivity index (χ3n) is 4.67. The van der Waals surface area contributed by atoms with E-state index >= 15 is 0 Å². The van der Waals surface area contributed by atoms with Crippen molar-refractivity contribution in [3.8, 4) is 5.75 Å². The molecule has 3 rings (SSSR count). The number of benzene rings is 2. The minimum absolute atomic E-state index is 0.0205. The molecule has 0 bridgehead atoms. The fourth-order valence-electron chi connectivity index (χ4n) is 3.16. The molecule has 5 nitrogen and oxygen atoms in total. The van der Waals surface area contributed by atoms with Gasteiger partial charge in [0.05, 0.1) is 35.0 Å². The Labute approximate surface area is 170 Å². The number of carbonyl (C=O) groups is 2. The van der Waals surface area contributed by atoms with Crippen LogP contribution in [0.2, 0.25) is 5.02 Å². The molecular weight excluding hydrogens is 409 g/mol. The molecule has 2 aromatic rings. The Morgan fingerprint density at radius 2 is 1.97 bits per heavy atom. The number of carbonyl (C=O) groups excluding carboxylic acids is 2. The van der Waals surface area contributed by atoms with Gasteiger partial charge in [-0.1, -0.05) is 17.7 Å². The number of halogens is 4. The molecule has 0 radical (unpaired) electrons. The summed E-state index contributed by atoms with van der Waals surface area (Å²) < 4.78 is 44.0. The van der Waals surface area contributed by atoms with Crippen LogP contribution in [0.5, 0.6) is 5.75 Å². The number of ether oxygens (including phenoxy) is 1. The predicted octanol–water partition coefficient (Wildman–Crippen LogP) is 4.67. The zero-order valence-corrected chi connectivity index (χ0v) is 16.4. The first kappa shape index (κ1) is 21.0. The first-order valence-electron chi connectivity index (χ1n) is 8.72. The lowest BCUT2D eigenvalue weighted by atomic mass is 10.1. The van der Waals surface area contributed by atoms with Crippen molar-refractivity contribution in [1.82, 2.24) is 0 Å². The van der Waals surface area contributed by atoms with E-state index in [2.05, 4.69) is 5.32 Å². The molecule has 0 aromatic heterocycles. The lowest BCUT2D eigenvalue weighted by Gasteiger charge is -2.20. The summed E-state index contributed by atoms with van der Waals surface area (Å²) in [6.07, 6.45) is -4.63. The molecule has 9 heteroatoms. The van der Waals surface area contributed by atoms with Crippen LogP contribution >= 0.6 is 11.6 Å². The summed E-state index contributed by atoms with van der Waals surface area (Å²) in [5.74, 6) is -1.10. The maximum atomic E-state index is 12.9. The highest BCUT2D eigenvalue weighted by molar-refractivity contribution is 6.33. The lowest BCUT2D eigenvalue weighted by Crippen LogP contribution is -2.28. The van der Waals surface area contributed by atoms with Crippen LogP contribution < -0.4 is 15.0 Å². The van der Waals surface area contributed by atoms with Gasteiger partial charge >= 0.3 is 6.18 Å². The SMILES string of the molecule is COc1ccc(C)cc1N1CC(C(=O)Nc2cc(C(F)(F)F)ccc2Cl)CC1=O. The Bertz CT molecular complexity index is 962. The summed E-state index contributed by atoms with van der Waals surface area (Å²) in [6.45, 7) is 1.95. The number of hydrogen-bond donors (Lipinski definition) is 1. The first-order valence-corrected chi connectivity index (χ1v) is 9.10. The largest absolute Gasteiger partial charge is 0.495 e. The van der Waals surface area contributed by atoms with Gasteiger partial charge in [0, 0.05) is 13.0 Å². The minimum atomic E-state index is -4.56. The van der Waals surface area contributed by atoms with Crippen LogP contribution in [0.15, 0.2) is 36.4 Å². The third-order valence-corrected chi connectivity index (χ3v) is 5.00. The Morgan fingerprint density at radius 1 is 1.24 bits per heavy atom. The molecule has 2 amide bonds. The van der Waals surface area contributed by atoms with Gasteiger partial charge in [0.15, 0.2) is 0 Å². The van der Waals surface area contributed by atoms with Crippen molar-refractivity contribution in [2.75, 3.05) is 23.9 Å². The molecule has 1 N–H and O–H groups in total. The summed E-state index contributed by atoms with van der Waals surface area (Å²) in [5, 5.41) is 2.40. The topological polar surface area (TPSA) is 58.6 Å². The molecule has 0 aliphatic carbocycles. The van der Waals surface area contributed by atoms with Gasteiger partial charge in [0.25, 0.3) is 0 Å². The highest BCUT2D eigenvalue weighted by Crippen LogP contribution is 2.36. The van der Waals surface area contributed by atoms with E-state index in [0.29, 0.717) is 11.4 Å².